The van der Waals surface area contributed by atoms with E-state index in [1.807, 2.05) is 24.0 Å². The van der Waals surface area contributed by atoms with E-state index >= 15 is 0 Å². The summed E-state index contributed by atoms with van der Waals surface area (Å²) in [5.74, 6) is 0.938. The van der Waals surface area contributed by atoms with E-state index < -0.39 is 11.9 Å². The molecule has 3 rings (SSSR count). The molecule has 1 aliphatic heterocycles. The van der Waals surface area contributed by atoms with Crippen molar-refractivity contribution in [2.24, 2.45) is 0 Å². The standard InChI is InChI=1S/C14H15F3N6/c1-9-2-3-13(22-21-9)23-5-4-10(7-23)20-12-6-11(14(15,16)17)18-8-19-12/h2-3,6,8,10H,4-5,7H2,1H3,(H,18,19,20). The van der Waals surface area contributed by atoms with Gasteiger partial charge in [0, 0.05) is 25.2 Å². The lowest BCUT2D eigenvalue weighted by molar-refractivity contribution is -0.141. The van der Waals surface area contributed by atoms with Gasteiger partial charge in [0.15, 0.2) is 5.82 Å². The third kappa shape index (κ3) is 3.66. The molecule has 2 aromatic rings. The molecule has 1 N–H and O–H groups in total. The first-order chi connectivity index (χ1) is 10.9. The van der Waals surface area contributed by atoms with Gasteiger partial charge < -0.3 is 10.2 Å². The van der Waals surface area contributed by atoms with E-state index in [0.29, 0.717) is 6.54 Å². The van der Waals surface area contributed by atoms with E-state index in [4.69, 9.17) is 0 Å². The Bertz CT molecular complexity index is 673. The predicted molar refractivity (Wildman–Crippen MR) is 78.0 cm³/mol. The smallest absolute Gasteiger partial charge is 0.365 e. The summed E-state index contributed by atoms with van der Waals surface area (Å²) >= 11 is 0. The van der Waals surface area contributed by atoms with Crippen molar-refractivity contribution in [1.29, 1.82) is 0 Å². The van der Waals surface area contributed by atoms with Crippen LogP contribution in [0.5, 0.6) is 0 Å². The monoisotopic (exact) mass is 324 g/mol. The van der Waals surface area contributed by atoms with Crippen LogP contribution in [0.1, 0.15) is 17.8 Å². The van der Waals surface area contributed by atoms with Gasteiger partial charge in [-0.15, -0.1) is 5.10 Å². The zero-order valence-electron chi connectivity index (χ0n) is 12.4. The average molecular weight is 324 g/mol. The Labute approximate surface area is 130 Å². The Kier molecular flexibility index (Phi) is 4.01. The van der Waals surface area contributed by atoms with Crippen molar-refractivity contribution in [3.05, 3.63) is 35.9 Å². The van der Waals surface area contributed by atoms with Gasteiger partial charge in [-0.05, 0) is 25.5 Å². The highest BCUT2D eigenvalue weighted by Crippen LogP contribution is 2.28. The fourth-order valence-electron chi connectivity index (χ4n) is 2.45. The SMILES string of the molecule is Cc1ccc(N2CCC(Nc3cc(C(F)(F)F)ncn3)C2)nn1. The van der Waals surface area contributed by atoms with E-state index in [1.165, 1.54) is 0 Å². The van der Waals surface area contributed by atoms with Gasteiger partial charge in [0.2, 0.25) is 0 Å². The van der Waals surface area contributed by atoms with Gasteiger partial charge in [-0.3, -0.25) is 0 Å². The van der Waals surface area contributed by atoms with Crippen molar-refractivity contribution in [1.82, 2.24) is 20.2 Å². The van der Waals surface area contributed by atoms with Crippen LogP contribution in [0.25, 0.3) is 0 Å². The molecule has 3 heterocycles. The largest absolute Gasteiger partial charge is 0.433 e. The summed E-state index contributed by atoms with van der Waals surface area (Å²) in [6.45, 7) is 3.24. The van der Waals surface area contributed by atoms with Crippen LogP contribution in [0.4, 0.5) is 24.8 Å². The van der Waals surface area contributed by atoms with Gasteiger partial charge in [0.25, 0.3) is 0 Å². The summed E-state index contributed by atoms with van der Waals surface area (Å²) in [4.78, 5) is 9.15. The van der Waals surface area contributed by atoms with Crippen LogP contribution >= 0.6 is 0 Å². The van der Waals surface area contributed by atoms with Crippen molar-refractivity contribution >= 4 is 11.6 Å². The lowest BCUT2D eigenvalue weighted by Crippen LogP contribution is -2.27. The second-order valence-electron chi connectivity index (χ2n) is 5.40. The van der Waals surface area contributed by atoms with Crippen LogP contribution in [0.3, 0.4) is 0 Å². The normalized spacial score (nSPS) is 18.3. The average Bonchev–Trinajstić information content (AvgIpc) is 2.96. The van der Waals surface area contributed by atoms with Gasteiger partial charge in [-0.1, -0.05) is 0 Å². The van der Waals surface area contributed by atoms with Gasteiger partial charge in [-0.25, -0.2) is 9.97 Å². The van der Waals surface area contributed by atoms with Crippen molar-refractivity contribution in [2.75, 3.05) is 23.3 Å². The molecule has 1 fully saturated rings. The highest BCUT2D eigenvalue weighted by Gasteiger charge is 2.33. The van der Waals surface area contributed by atoms with Crippen LogP contribution in [-0.2, 0) is 6.18 Å². The molecule has 1 saturated heterocycles. The van der Waals surface area contributed by atoms with Crippen molar-refractivity contribution < 1.29 is 13.2 Å². The maximum atomic E-state index is 12.7. The fraction of sp³-hybridized carbons (Fsp3) is 0.429. The molecule has 0 radical (unpaired) electrons. The number of nitrogens with one attached hydrogen (secondary N) is 1. The molecule has 0 amide bonds. The number of aryl methyl sites for hydroxylation is 1. The molecular formula is C14H15F3N6. The lowest BCUT2D eigenvalue weighted by Gasteiger charge is -2.18. The Morgan fingerprint density at radius 2 is 2.04 bits per heavy atom. The number of aromatic nitrogens is 4. The van der Waals surface area contributed by atoms with Crippen LogP contribution in [0.15, 0.2) is 24.5 Å². The van der Waals surface area contributed by atoms with E-state index in [1.54, 1.807) is 0 Å². The van der Waals surface area contributed by atoms with Crippen LogP contribution in [0, 0.1) is 6.92 Å². The van der Waals surface area contributed by atoms with Crippen molar-refractivity contribution in [2.45, 2.75) is 25.6 Å². The van der Waals surface area contributed by atoms with Gasteiger partial charge >= 0.3 is 6.18 Å². The van der Waals surface area contributed by atoms with E-state index in [2.05, 4.69) is 25.5 Å². The van der Waals surface area contributed by atoms with Gasteiger partial charge in [-0.2, -0.15) is 18.3 Å². The molecule has 122 valence electrons. The number of anilines is 2. The molecular weight excluding hydrogens is 309 g/mol. The first-order valence-corrected chi connectivity index (χ1v) is 7.13. The molecule has 23 heavy (non-hydrogen) atoms. The second-order valence-corrected chi connectivity index (χ2v) is 5.40. The molecule has 0 aliphatic carbocycles. The summed E-state index contributed by atoms with van der Waals surface area (Å²) in [5, 5.41) is 11.2. The third-order valence-electron chi connectivity index (χ3n) is 3.61. The minimum atomic E-state index is -4.47. The first-order valence-electron chi connectivity index (χ1n) is 7.13. The molecule has 1 aliphatic rings. The second kappa shape index (κ2) is 5.98. The molecule has 9 heteroatoms. The highest BCUT2D eigenvalue weighted by molar-refractivity contribution is 5.43. The van der Waals surface area contributed by atoms with Crippen molar-refractivity contribution in [3.8, 4) is 0 Å². The highest BCUT2D eigenvalue weighted by atomic mass is 19.4. The number of nitrogens with zero attached hydrogens (tertiary/aromatic N) is 5. The minimum absolute atomic E-state index is 0.00548. The quantitative estimate of drug-likeness (QED) is 0.934. The first kappa shape index (κ1) is 15.4. The Morgan fingerprint density at radius 3 is 2.74 bits per heavy atom. The number of halogens is 3. The molecule has 1 unspecified atom stereocenters. The molecule has 0 spiro atoms. The topological polar surface area (TPSA) is 66.8 Å². The fourth-order valence-corrected chi connectivity index (χ4v) is 2.45. The Morgan fingerprint density at radius 1 is 1.22 bits per heavy atom. The summed E-state index contributed by atoms with van der Waals surface area (Å²) in [6.07, 6.45) is -2.77. The lowest BCUT2D eigenvalue weighted by atomic mass is 10.2. The molecule has 0 bridgehead atoms. The molecule has 2 aromatic heterocycles. The molecule has 1 atom stereocenters. The van der Waals surface area contributed by atoms with Crippen LogP contribution in [0.2, 0.25) is 0 Å². The zero-order valence-corrected chi connectivity index (χ0v) is 12.4. The number of hydrogen-bond acceptors (Lipinski definition) is 6. The molecule has 0 aromatic carbocycles. The van der Waals surface area contributed by atoms with E-state index in [9.17, 15) is 13.2 Å². The maximum Gasteiger partial charge on any atom is 0.433 e. The zero-order chi connectivity index (χ0) is 16.4. The Balaban J connectivity index is 1.65. The maximum absolute atomic E-state index is 12.7. The van der Waals surface area contributed by atoms with Gasteiger partial charge in [0.05, 0.1) is 5.69 Å². The summed E-state index contributed by atoms with van der Waals surface area (Å²) in [5.41, 5.74) is -0.113. The number of hydrogen-bond donors (Lipinski definition) is 1. The van der Waals surface area contributed by atoms with E-state index in [0.717, 1.165) is 36.9 Å². The summed E-state index contributed by atoms with van der Waals surface area (Å²) in [7, 11) is 0. The summed E-state index contributed by atoms with van der Waals surface area (Å²) in [6, 6.07) is 4.68. The van der Waals surface area contributed by atoms with E-state index in [-0.39, 0.29) is 11.9 Å². The predicted octanol–water partition coefficient (Wildman–Crippen LogP) is 2.28. The third-order valence-corrected chi connectivity index (χ3v) is 3.61. The van der Waals surface area contributed by atoms with Gasteiger partial charge in [0.1, 0.15) is 17.8 Å². The minimum Gasteiger partial charge on any atom is -0.365 e. The molecule has 0 saturated carbocycles. The number of rotatable bonds is 3. The van der Waals surface area contributed by atoms with Crippen molar-refractivity contribution in [3.63, 3.8) is 0 Å². The summed E-state index contributed by atoms with van der Waals surface area (Å²) < 4.78 is 38.0. The Hall–Kier alpha value is -2.45. The number of alkyl halides is 3. The van der Waals surface area contributed by atoms with Crippen LogP contribution < -0.4 is 10.2 Å². The molecule has 6 nitrogen and oxygen atoms in total. The van der Waals surface area contributed by atoms with Crippen LogP contribution in [-0.4, -0.2) is 39.3 Å².